The van der Waals surface area contributed by atoms with E-state index in [-0.39, 0.29) is 28.3 Å². The molecule has 2 aromatic heterocycles. The van der Waals surface area contributed by atoms with E-state index in [1.165, 1.54) is 6.07 Å². The van der Waals surface area contributed by atoms with Crippen LogP contribution in [0.5, 0.6) is 0 Å². The van der Waals surface area contributed by atoms with Gasteiger partial charge in [0.2, 0.25) is 0 Å². The molecule has 2 aliphatic carbocycles. The first-order valence-corrected chi connectivity index (χ1v) is 9.97. The van der Waals surface area contributed by atoms with E-state index >= 15 is 0 Å². The average molecular weight is 398 g/mol. The van der Waals surface area contributed by atoms with Crippen LogP contribution in [0.1, 0.15) is 53.5 Å². The van der Waals surface area contributed by atoms with Crippen LogP contribution in [0, 0.1) is 12.3 Å². The first-order chi connectivity index (χ1) is 12.8. The second-order valence-corrected chi connectivity index (χ2v) is 8.39. The minimum absolute atomic E-state index is 0.0396. The van der Waals surface area contributed by atoms with Gasteiger partial charge in [-0.1, -0.05) is 6.42 Å². The molecule has 2 aliphatic rings. The van der Waals surface area contributed by atoms with Crippen molar-refractivity contribution < 1.29 is 22.7 Å². The zero-order valence-electron chi connectivity index (χ0n) is 15.2. The van der Waals surface area contributed by atoms with Crippen molar-refractivity contribution in [3.8, 4) is 0 Å². The van der Waals surface area contributed by atoms with Crippen molar-refractivity contribution in [3.05, 3.63) is 28.3 Å². The predicted octanol–water partition coefficient (Wildman–Crippen LogP) is 4.70. The molecule has 1 spiro atoms. The lowest BCUT2D eigenvalue weighted by Crippen LogP contribution is -2.67. The normalized spacial score (nSPS) is 23.9. The molecule has 4 nitrogen and oxygen atoms in total. The Bertz CT molecular complexity index is 889. The van der Waals surface area contributed by atoms with E-state index in [9.17, 15) is 18.0 Å². The number of hydrogen-bond donors (Lipinski definition) is 1. The number of amides is 1. The standard InChI is InChI=1S/C19H21F3N2O2S/c1-3-26-14-9-13(18(14)7-4-8-18)23-16(25)15-10(2)11-5-6-12(19(20,21)22)24-17(11)27-15/h5-6,13-14H,3-4,7-9H2,1-2H3,(H,23,25)/t13-,14-/m0/s1. The summed E-state index contributed by atoms with van der Waals surface area (Å²) in [6, 6.07) is 2.43. The van der Waals surface area contributed by atoms with E-state index in [1.54, 1.807) is 6.92 Å². The number of aryl methyl sites for hydroxylation is 1. The number of hydrogen-bond acceptors (Lipinski definition) is 4. The number of carbonyl (C=O) groups is 1. The molecule has 0 saturated heterocycles. The number of thiophene rings is 1. The molecule has 146 valence electrons. The van der Waals surface area contributed by atoms with E-state index < -0.39 is 11.9 Å². The Morgan fingerprint density at radius 3 is 2.74 bits per heavy atom. The Labute approximate surface area is 159 Å². The van der Waals surface area contributed by atoms with E-state index in [0.717, 1.165) is 43.1 Å². The molecular weight excluding hydrogens is 377 g/mol. The lowest BCUT2D eigenvalue weighted by molar-refractivity contribution is -0.169. The quantitative estimate of drug-likeness (QED) is 0.812. The summed E-state index contributed by atoms with van der Waals surface area (Å²) in [5.74, 6) is -0.227. The molecule has 2 atom stereocenters. The molecule has 1 N–H and O–H groups in total. The molecule has 27 heavy (non-hydrogen) atoms. The fraction of sp³-hybridized carbons (Fsp3) is 0.579. The van der Waals surface area contributed by atoms with Crippen molar-refractivity contribution in [2.24, 2.45) is 5.41 Å². The van der Waals surface area contributed by atoms with Crippen LogP contribution in [0.2, 0.25) is 0 Å². The molecule has 2 saturated carbocycles. The zero-order chi connectivity index (χ0) is 19.4. The molecule has 8 heteroatoms. The fourth-order valence-corrected chi connectivity index (χ4v) is 5.42. The Morgan fingerprint density at radius 2 is 2.15 bits per heavy atom. The number of nitrogens with zero attached hydrogens (tertiary/aromatic N) is 1. The number of halogens is 3. The maximum absolute atomic E-state index is 12.9. The van der Waals surface area contributed by atoms with Gasteiger partial charge in [-0.3, -0.25) is 4.79 Å². The van der Waals surface area contributed by atoms with Crippen molar-refractivity contribution in [3.63, 3.8) is 0 Å². The van der Waals surface area contributed by atoms with E-state index in [0.29, 0.717) is 22.4 Å². The maximum Gasteiger partial charge on any atom is 0.433 e. The van der Waals surface area contributed by atoms with Crippen LogP contribution in [0.4, 0.5) is 13.2 Å². The van der Waals surface area contributed by atoms with Crippen molar-refractivity contribution in [1.82, 2.24) is 10.3 Å². The highest BCUT2D eigenvalue weighted by Crippen LogP contribution is 2.57. The summed E-state index contributed by atoms with van der Waals surface area (Å²) in [7, 11) is 0. The monoisotopic (exact) mass is 398 g/mol. The van der Waals surface area contributed by atoms with E-state index in [2.05, 4.69) is 10.3 Å². The van der Waals surface area contributed by atoms with Gasteiger partial charge in [0, 0.05) is 23.4 Å². The third-order valence-electron chi connectivity index (χ3n) is 6.04. The van der Waals surface area contributed by atoms with Crippen LogP contribution in [-0.2, 0) is 10.9 Å². The fourth-order valence-electron chi connectivity index (χ4n) is 4.34. The summed E-state index contributed by atoms with van der Waals surface area (Å²) in [4.78, 5) is 17.2. The maximum atomic E-state index is 12.9. The van der Waals surface area contributed by atoms with Crippen LogP contribution in [-0.4, -0.2) is 29.6 Å². The van der Waals surface area contributed by atoms with E-state index in [1.807, 2.05) is 6.92 Å². The lowest BCUT2D eigenvalue weighted by atomic mass is 9.51. The first-order valence-electron chi connectivity index (χ1n) is 9.16. The molecule has 2 aromatic rings. The van der Waals surface area contributed by atoms with Gasteiger partial charge < -0.3 is 10.1 Å². The van der Waals surface area contributed by atoms with E-state index in [4.69, 9.17) is 4.74 Å². The number of rotatable bonds is 4. The van der Waals surface area contributed by atoms with Gasteiger partial charge in [-0.25, -0.2) is 4.98 Å². The molecule has 0 bridgehead atoms. The molecule has 1 amide bonds. The number of carbonyl (C=O) groups excluding carboxylic acids is 1. The number of alkyl halides is 3. The van der Waals surface area contributed by atoms with Gasteiger partial charge in [0.25, 0.3) is 5.91 Å². The van der Waals surface area contributed by atoms with Gasteiger partial charge in [-0.2, -0.15) is 13.2 Å². The Hall–Kier alpha value is -1.67. The minimum atomic E-state index is -4.49. The van der Waals surface area contributed by atoms with Gasteiger partial charge in [-0.15, -0.1) is 11.3 Å². The molecule has 0 unspecified atom stereocenters. The highest BCUT2D eigenvalue weighted by molar-refractivity contribution is 7.20. The number of nitrogens with one attached hydrogen (secondary N) is 1. The van der Waals surface area contributed by atoms with Crippen LogP contribution in [0.15, 0.2) is 12.1 Å². The smallest absolute Gasteiger partial charge is 0.378 e. The second-order valence-electron chi connectivity index (χ2n) is 7.40. The third-order valence-corrected chi connectivity index (χ3v) is 7.24. The van der Waals surface area contributed by atoms with Gasteiger partial charge >= 0.3 is 6.18 Å². The summed E-state index contributed by atoms with van der Waals surface area (Å²) in [5.41, 5.74) is -0.218. The molecule has 4 rings (SSSR count). The molecule has 0 aliphatic heterocycles. The highest BCUT2D eigenvalue weighted by Gasteiger charge is 2.59. The SMILES string of the molecule is CCO[C@H]1C[C@H](NC(=O)c2sc3nc(C(F)(F)F)ccc3c2C)C12CCC2. The molecule has 0 aromatic carbocycles. The van der Waals surface area contributed by atoms with Crippen LogP contribution >= 0.6 is 11.3 Å². The number of fused-ring (bicyclic) bond motifs is 1. The minimum Gasteiger partial charge on any atom is -0.378 e. The molecule has 2 fully saturated rings. The first kappa shape index (κ1) is 18.7. The van der Waals surface area contributed by atoms with Gasteiger partial charge in [0.1, 0.15) is 10.5 Å². The largest absolute Gasteiger partial charge is 0.433 e. The topological polar surface area (TPSA) is 51.2 Å². The third kappa shape index (κ3) is 2.93. The van der Waals surface area contributed by atoms with Crippen molar-refractivity contribution in [2.75, 3.05) is 6.61 Å². The second kappa shape index (κ2) is 6.44. The number of pyridine rings is 1. The summed E-state index contributed by atoms with van der Waals surface area (Å²) < 4.78 is 44.5. The molecular formula is C19H21F3N2O2S. The lowest BCUT2D eigenvalue weighted by Gasteiger charge is -2.60. The van der Waals surface area contributed by atoms with Crippen LogP contribution < -0.4 is 5.32 Å². The number of ether oxygens (including phenoxy) is 1. The van der Waals surface area contributed by atoms with Gasteiger partial charge in [-0.05, 0) is 50.8 Å². The van der Waals surface area contributed by atoms with Crippen molar-refractivity contribution >= 4 is 27.5 Å². The summed E-state index contributed by atoms with van der Waals surface area (Å²) >= 11 is 1.02. The molecule has 2 heterocycles. The Balaban J connectivity index is 1.56. The van der Waals surface area contributed by atoms with Crippen molar-refractivity contribution in [1.29, 1.82) is 0 Å². The highest BCUT2D eigenvalue weighted by atomic mass is 32.1. The zero-order valence-corrected chi connectivity index (χ0v) is 16.0. The average Bonchev–Trinajstić information content (AvgIpc) is 2.88. The predicted molar refractivity (Wildman–Crippen MR) is 96.9 cm³/mol. The summed E-state index contributed by atoms with van der Waals surface area (Å²) in [6.45, 7) is 4.39. The van der Waals surface area contributed by atoms with Gasteiger partial charge in [0.15, 0.2) is 0 Å². The van der Waals surface area contributed by atoms with Crippen LogP contribution in [0.25, 0.3) is 10.2 Å². The van der Waals surface area contributed by atoms with Crippen molar-refractivity contribution in [2.45, 2.75) is 57.9 Å². The van der Waals surface area contributed by atoms with Gasteiger partial charge in [0.05, 0.1) is 11.0 Å². The summed E-state index contributed by atoms with van der Waals surface area (Å²) in [5, 5.41) is 3.70. The molecule has 0 radical (unpaired) electrons. The Morgan fingerprint density at radius 1 is 1.41 bits per heavy atom. The Kier molecular flexibility index (Phi) is 4.46. The van der Waals surface area contributed by atoms with Crippen LogP contribution in [0.3, 0.4) is 0 Å². The summed E-state index contributed by atoms with van der Waals surface area (Å²) in [6.07, 6.45) is -0.274. The number of aromatic nitrogens is 1.